The topological polar surface area (TPSA) is 8.17 Å². The van der Waals surface area contributed by atoms with E-state index in [1.54, 1.807) is 0 Å². The molecule has 2 nitrogen and oxygen atoms in total. The van der Waals surface area contributed by atoms with E-state index in [2.05, 4.69) is 192 Å². The van der Waals surface area contributed by atoms with Crippen LogP contribution in [0.5, 0.6) is 0 Å². The Morgan fingerprint density at radius 1 is 0.538 bits per heavy atom. The zero-order valence-electron chi connectivity index (χ0n) is 29.1. The average Bonchev–Trinajstić information content (AvgIpc) is 3.96. The summed E-state index contributed by atoms with van der Waals surface area (Å²) in [6.07, 6.45) is 6.72. The van der Waals surface area contributed by atoms with Gasteiger partial charge in [0.25, 0.3) is 0 Å². The van der Waals surface area contributed by atoms with Crippen molar-refractivity contribution < 1.29 is 0 Å². The number of fused-ring (bicyclic) bond motifs is 12. The van der Waals surface area contributed by atoms with Gasteiger partial charge in [-0.1, -0.05) is 122 Å². The summed E-state index contributed by atoms with van der Waals surface area (Å²) in [5, 5.41) is 2.55. The lowest BCUT2D eigenvalue weighted by atomic mass is 9.68. The minimum absolute atomic E-state index is 0.315. The third-order valence-corrected chi connectivity index (χ3v) is 11.8. The van der Waals surface area contributed by atoms with Crippen molar-refractivity contribution in [3.63, 3.8) is 0 Å². The number of aromatic nitrogens is 1. The maximum Gasteiger partial charge on any atom is 0.0692 e. The van der Waals surface area contributed by atoms with Gasteiger partial charge in [0.05, 0.1) is 16.4 Å². The zero-order chi connectivity index (χ0) is 34.4. The molecule has 0 saturated heterocycles. The van der Waals surface area contributed by atoms with Crippen LogP contribution in [0.4, 0.5) is 17.1 Å². The summed E-state index contributed by atoms with van der Waals surface area (Å²) in [7, 11) is 0. The number of aryl methyl sites for hydroxylation is 1. The molecule has 0 bridgehead atoms. The molecule has 52 heavy (non-hydrogen) atoms. The smallest absolute Gasteiger partial charge is 0.0692 e. The molecule has 7 aromatic carbocycles. The lowest BCUT2D eigenvalue weighted by Gasteiger charge is -2.34. The van der Waals surface area contributed by atoms with Gasteiger partial charge in [0.2, 0.25) is 0 Å². The van der Waals surface area contributed by atoms with E-state index in [1.165, 1.54) is 71.9 Å². The van der Waals surface area contributed by atoms with Gasteiger partial charge in [-0.25, -0.2) is 0 Å². The molecule has 1 heterocycles. The van der Waals surface area contributed by atoms with Crippen molar-refractivity contribution in [1.29, 1.82) is 0 Å². The number of allylic oxidation sites excluding steroid dienone is 4. The molecule has 8 aromatic rings. The summed E-state index contributed by atoms with van der Waals surface area (Å²) in [4.78, 5) is 2.42. The summed E-state index contributed by atoms with van der Waals surface area (Å²) in [5.41, 5.74) is 19.3. The molecule has 1 spiro atoms. The Morgan fingerprint density at radius 2 is 1.15 bits per heavy atom. The largest absolute Gasteiger partial charge is 0.310 e. The third kappa shape index (κ3) is 3.90. The Kier molecular flexibility index (Phi) is 6.24. The quantitative estimate of drug-likeness (QED) is 0.178. The second kappa shape index (κ2) is 11.1. The first-order chi connectivity index (χ1) is 25.8. The summed E-state index contributed by atoms with van der Waals surface area (Å²) in [6.45, 7) is 2.27. The van der Waals surface area contributed by atoms with Gasteiger partial charge < -0.3 is 9.47 Å². The fraction of sp³-hybridized carbons (Fsp3) is 0.0800. The van der Waals surface area contributed by atoms with Crippen LogP contribution in [-0.4, -0.2) is 4.57 Å². The molecule has 0 N–H and O–H groups in total. The Labute approximate surface area is 304 Å². The number of anilines is 3. The number of hydrogen-bond acceptors (Lipinski definition) is 1. The molecular weight excluding hydrogens is 629 g/mol. The second-order valence-electron chi connectivity index (χ2n) is 14.3. The van der Waals surface area contributed by atoms with Crippen molar-refractivity contribution in [3.8, 4) is 16.8 Å². The first-order valence-electron chi connectivity index (χ1n) is 18.5. The van der Waals surface area contributed by atoms with Crippen LogP contribution in [0, 0.1) is 0 Å². The Hall–Kier alpha value is -6.38. The first-order valence-corrected chi connectivity index (χ1v) is 18.5. The van der Waals surface area contributed by atoms with Gasteiger partial charge in [-0.3, -0.25) is 0 Å². The molecule has 0 radical (unpaired) electrons. The number of benzene rings is 7. The molecule has 3 aliphatic rings. The van der Waals surface area contributed by atoms with Gasteiger partial charge in [-0.2, -0.15) is 0 Å². The van der Waals surface area contributed by atoms with E-state index in [0.717, 1.165) is 35.6 Å². The van der Waals surface area contributed by atoms with Crippen LogP contribution in [0.2, 0.25) is 0 Å². The maximum absolute atomic E-state index is 2.50. The molecule has 0 aliphatic heterocycles. The predicted molar refractivity (Wildman–Crippen MR) is 217 cm³/mol. The van der Waals surface area contributed by atoms with Crippen LogP contribution in [0.15, 0.2) is 182 Å². The van der Waals surface area contributed by atoms with E-state index in [9.17, 15) is 0 Å². The maximum atomic E-state index is 2.50. The molecule has 1 aromatic heterocycles. The third-order valence-electron chi connectivity index (χ3n) is 11.8. The highest BCUT2D eigenvalue weighted by Crippen LogP contribution is 2.64. The monoisotopic (exact) mass is 664 g/mol. The molecule has 1 atom stereocenters. The highest BCUT2D eigenvalue weighted by molar-refractivity contribution is 6.09. The lowest BCUT2D eigenvalue weighted by Crippen LogP contribution is -2.27. The number of hydrogen-bond donors (Lipinski definition) is 0. The summed E-state index contributed by atoms with van der Waals surface area (Å²) in [6, 6.07) is 60.9. The van der Waals surface area contributed by atoms with E-state index in [4.69, 9.17) is 0 Å². The van der Waals surface area contributed by atoms with Gasteiger partial charge in [-0.15, -0.1) is 0 Å². The van der Waals surface area contributed by atoms with Crippen molar-refractivity contribution in [2.24, 2.45) is 0 Å². The van der Waals surface area contributed by atoms with Crippen molar-refractivity contribution in [1.82, 2.24) is 4.57 Å². The average molecular weight is 665 g/mol. The van der Waals surface area contributed by atoms with E-state index in [0.29, 0.717) is 0 Å². The lowest BCUT2D eigenvalue weighted by molar-refractivity contribution is 0.747. The van der Waals surface area contributed by atoms with E-state index < -0.39 is 0 Å². The molecule has 3 aliphatic carbocycles. The summed E-state index contributed by atoms with van der Waals surface area (Å²) >= 11 is 0. The second-order valence-corrected chi connectivity index (χ2v) is 14.3. The molecular formula is C50H36N2. The standard InChI is InChI=1S/C50H36N2/c1-2-33-23-29-40-39-18-12-20-45(39)50(46(40)31-33)44-19-9-6-15-38(44)41-30-28-37(32-47(41)50)51(34-13-4-3-5-14-34)35-24-26-36(27-25-35)52-48-21-10-7-16-42(48)43-17-8-11-22-49(43)52/h3-19,21-32H,2,20H2,1H3. The fourth-order valence-corrected chi connectivity index (χ4v) is 9.63. The van der Waals surface area contributed by atoms with Gasteiger partial charge in [-0.05, 0) is 124 Å². The van der Waals surface area contributed by atoms with Crippen molar-refractivity contribution in [3.05, 3.63) is 209 Å². The normalized spacial score (nSPS) is 16.5. The minimum Gasteiger partial charge on any atom is -0.310 e. The van der Waals surface area contributed by atoms with Gasteiger partial charge in [0.1, 0.15) is 0 Å². The molecule has 2 heteroatoms. The van der Waals surface area contributed by atoms with Crippen molar-refractivity contribution in [2.75, 3.05) is 4.90 Å². The zero-order valence-corrected chi connectivity index (χ0v) is 29.1. The van der Waals surface area contributed by atoms with Crippen LogP contribution < -0.4 is 4.90 Å². The predicted octanol–water partition coefficient (Wildman–Crippen LogP) is 12.9. The fourth-order valence-electron chi connectivity index (χ4n) is 9.63. The van der Waals surface area contributed by atoms with Gasteiger partial charge >= 0.3 is 0 Å². The van der Waals surface area contributed by atoms with Crippen molar-refractivity contribution >= 4 is 44.4 Å². The number of nitrogens with zero attached hydrogens (tertiary/aromatic N) is 2. The van der Waals surface area contributed by atoms with Crippen molar-refractivity contribution in [2.45, 2.75) is 25.2 Å². The number of rotatable bonds is 5. The first kappa shape index (κ1) is 29.4. The highest BCUT2D eigenvalue weighted by atomic mass is 15.1. The van der Waals surface area contributed by atoms with Gasteiger partial charge in [0, 0.05) is 33.5 Å². The number of para-hydroxylation sites is 3. The van der Waals surface area contributed by atoms with Gasteiger partial charge in [0.15, 0.2) is 0 Å². The van der Waals surface area contributed by atoms with Crippen LogP contribution in [0.1, 0.15) is 41.2 Å². The van der Waals surface area contributed by atoms with Crippen LogP contribution >= 0.6 is 0 Å². The van der Waals surface area contributed by atoms with E-state index in [-0.39, 0.29) is 5.41 Å². The summed E-state index contributed by atoms with van der Waals surface area (Å²) < 4.78 is 2.39. The van der Waals surface area contributed by atoms with E-state index >= 15 is 0 Å². The van der Waals surface area contributed by atoms with Crippen LogP contribution in [-0.2, 0) is 11.8 Å². The molecule has 246 valence electrons. The highest BCUT2D eigenvalue weighted by Gasteiger charge is 2.53. The molecule has 0 amide bonds. The van der Waals surface area contributed by atoms with Crippen LogP contribution in [0.3, 0.4) is 0 Å². The molecule has 1 unspecified atom stereocenters. The minimum atomic E-state index is -0.315. The molecule has 0 saturated carbocycles. The molecule has 11 rings (SSSR count). The van der Waals surface area contributed by atoms with Crippen LogP contribution in [0.25, 0.3) is 44.2 Å². The Morgan fingerprint density at radius 3 is 1.92 bits per heavy atom. The SMILES string of the molecule is CCc1ccc2c(c1)C1(C3=C2C=CC3)c2ccccc2-c2ccc(N(c3ccccc3)c3ccc(-n4c5ccccc5c5ccccc54)cc3)cc21. The Balaban J connectivity index is 1.11. The molecule has 0 fully saturated rings. The van der Waals surface area contributed by atoms with E-state index in [1.807, 2.05) is 0 Å². The summed E-state index contributed by atoms with van der Waals surface area (Å²) in [5.74, 6) is 0. The Bertz CT molecular complexity index is 2740.